The van der Waals surface area contributed by atoms with Gasteiger partial charge in [0, 0.05) is 35.4 Å². The van der Waals surface area contributed by atoms with Gasteiger partial charge in [-0.05, 0) is 48.0 Å². The maximum atomic E-state index is 13.0. The molecule has 4 rings (SSSR count). The maximum Gasteiger partial charge on any atom is 0.258 e. The number of aromatic nitrogens is 1. The van der Waals surface area contributed by atoms with Crippen LogP contribution in [-0.4, -0.2) is 10.5 Å². The first-order chi connectivity index (χ1) is 11.2. The van der Waals surface area contributed by atoms with Crippen LogP contribution in [0.1, 0.15) is 21.6 Å². The predicted molar refractivity (Wildman–Crippen MR) is 91.3 cm³/mol. The fourth-order valence-corrected chi connectivity index (χ4v) is 3.05. The van der Waals surface area contributed by atoms with Gasteiger partial charge in [-0.25, -0.2) is 0 Å². The molecule has 3 aromatic rings. The van der Waals surface area contributed by atoms with Gasteiger partial charge in [-0.2, -0.15) is 0 Å². The van der Waals surface area contributed by atoms with Crippen LogP contribution >= 0.6 is 0 Å². The summed E-state index contributed by atoms with van der Waals surface area (Å²) in [7, 11) is 0. The second kappa shape index (κ2) is 5.32. The third-order valence-corrected chi connectivity index (χ3v) is 4.27. The third-order valence-electron chi connectivity index (χ3n) is 4.27. The Morgan fingerprint density at radius 2 is 1.70 bits per heavy atom. The van der Waals surface area contributed by atoms with Crippen molar-refractivity contribution in [2.75, 3.05) is 10.6 Å². The van der Waals surface area contributed by atoms with E-state index >= 15 is 0 Å². The zero-order chi connectivity index (χ0) is 15.8. The van der Waals surface area contributed by atoms with Crippen LogP contribution in [0.5, 0.6) is 0 Å². The van der Waals surface area contributed by atoms with Crippen molar-refractivity contribution in [1.29, 1.82) is 0 Å². The summed E-state index contributed by atoms with van der Waals surface area (Å²) in [5.41, 5.74) is 10.3. The molecular weight excluding hydrogens is 286 g/mol. The van der Waals surface area contributed by atoms with Crippen molar-refractivity contribution in [1.82, 2.24) is 4.57 Å². The van der Waals surface area contributed by atoms with E-state index in [0.29, 0.717) is 17.8 Å². The number of carbonyl (C=O) groups excluding carboxylic acids is 1. The van der Waals surface area contributed by atoms with Crippen LogP contribution in [0.3, 0.4) is 0 Å². The molecule has 114 valence electrons. The van der Waals surface area contributed by atoms with E-state index in [4.69, 9.17) is 5.73 Å². The quantitative estimate of drug-likeness (QED) is 0.701. The predicted octanol–water partition coefficient (Wildman–Crippen LogP) is 3.28. The van der Waals surface area contributed by atoms with Crippen molar-refractivity contribution in [3.63, 3.8) is 0 Å². The van der Waals surface area contributed by atoms with Crippen LogP contribution in [0, 0.1) is 0 Å². The average Bonchev–Trinajstić information content (AvgIpc) is 2.94. The van der Waals surface area contributed by atoms with Crippen molar-refractivity contribution in [3.8, 4) is 0 Å². The van der Waals surface area contributed by atoms with E-state index in [9.17, 15) is 4.79 Å². The minimum atomic E-state index is -0.00731. The van der Waals surface area contributed by atoms with Gasteiger partial charge in [0.05, 0.1) is 6.54 Å². The van der Waals surface area contributed by atoms with E-state index in [2.05, 4.69) is 22.9 Å². The minimum absolute atomic E-state index is 0.00731. The number of carbonyl (C=O) groups is 1. The van der Waals surface area contributed by atoms with Crippen LogP contribution in [0.4, 0.5) is 11.4 Å². The number of amides is 1. The molecule has 0 fully saturated rings. The van der Waals surface area contributed by atoms with Crippen LogP contribution in [0.15, 0.2) is 66.9 Å². The Kier molecular flexibility index (Phi) is 3.15. The van der Waals surface area contributed by atoms with Crippen molar-refractivity contribution >= 4 is 17.3 Å². The Bertz CT molecular complexity index is 864. The van der Waals surface area contributed by atoms with E-state index in [1.54, 1.807) is 24.3 Å². The third kappa shape index (κ3) is 2.38. The van der Waals surface area contributed by atoms with Gasteiger partial charge in [0.2, 0.25) is 0 Å². The Labute approximate surface area is 134 Å². The summed E-state index contributed by atoms with van der Waals surface area (Å²) in [5, 5.41) is 0. The van der Waals surface area contributed by atoms with Crippen molar-refractivity contribution in [2.45, 2.75) is 13.1 Å². The van der Waals surface area contributed by atoms with Gasteiger partial charge in [0.25, 0.3) is 5.91 Å². The first-order valence-corrected chi connectivity index (χ1v) is 7.62. The van der Waals surface area contributed by atoms with Gasteiger partial charge in [-0.1, -0.05) is 18.2 Å². The maximum absolute atomic E-state index is 13.0. The van der Waals surface area contributed by atoms with E-state index in [1.165, 1.54) is 0 Å². The van der Waals surface area contributed by atoms with Crippen LogP contribution in [0.25, 0.3) is 0 Å². The Morgan fingerprint density at radius 1 is 0.913 bits per heavy atom. The zero-order valence-electron chi connectivity index (χ0n) is 12.6. The molecule has 0 aliphatic carbocycles. The molecule has 0 saturated heterocycles. The molecule has 2 heterocycles. The first-order valence-electron chi connectivity index (χ1n) is 7.62. The zero-order valence-corrected chi connectivity index (χ0v) is 12.6. The van der Waals surface area contributed by atoms with E-state index < -0.39 is 0 Å². The molecule has 4 nitrogen and oxygen atoms in total. The number of anilines is 2. The highest BCUT2D eigenvalue weighted by Crippen LogP contribution is 2.29. The molecule has 0 atom stereocenters. The molecule has 1 aliphatic heterocycles. The summed E-state index contributed by atoms with van der Waals surface area (Å²) in [4.78, 5) is 14.9. The molecule has 0 radical (unpaired) electrons. The highest BCUT2D eigenvalue weighted by atomic mass is 16.2. The molecule has 0 spiro atoms. The lowest BCUT2D eigenvalue weighted by Gasteiger charge is -2.22. The fourth-order valence-electron chi connectivity index (χ4n) is 3.05. The number of nitrogens with two attached hydrogens (primary N) is 1. The van der Waals surface area contributed by atoms with Crippen molar-refractivity contribution < 1.29 is 4.79 Å². The molecule has 2 N–H and O–H groups in total. The largest absolute Gasteiger partial charge is 0.399 e. The SMILES string of the molecule is Nc1ccc(C(=O)N2Cc3cccn3Cc3ccccc32)cc1. The lowest BCUT2D eigenvalue weighted by Crippen LogP contribution is -2.30. The number of hydrogen-bond donors (Lipinski definition) is 1. The Morgan fingerprint density at radius 3 is 2.52 bits per heavy atom. The molecule has 2 aromatic carbocycles. The molecule has 4 heteroatoms. The van der Waals surface area contributed by atoms with Gasteiger partial charge in [-0.15, -0.1) is 0 Å². The highest BCUT2D eigenvalue weighted by Gasteiger charge is 2.24. The van der Waals surface area contributed by atoms with E-state index in [1.807, 2.05) is 29.2 Å². The van der Waals surface area contributed by atoms with Crippen LogP contribution in [0.2, 0.25) is 0 Å². The molecule has 23 heavy (non-hydrogen) atoms. The monoisotopic (exact) mass is 303 g/mol. The number of nitrogens with zero attached hydrogens (tertiary/aromatic N) is 2. The summed E-state index contributed by atoms with van der Waals surface area (Å²) in [6.45, 7) is 1.34. The standard InChI is InChI=1S/C19H17N3O/c20-16-9-7-14(8-10-16)19(23)22-13-17-5-3-11-21(17)12-15-4-1-2-6-18(15)22/h1-11H,12-13,20H2. The molecule has 1 aliphatic rings. The lowest BCUT2D eigenvalue weighted by atomic mass is 10.1. The lowest BCUT2D eigenvalue weighted by molar-refractivity contribution is 0.0985. The van der Waals surface area contributed by atoms with Crippen LogP contribution < -0.4 is 10.6 Å². The molecular formula is C19H17N3O. The summed E-state index contributed by atoms with van der Waals surface area (Å²) < 4.78 is 2.19. The number of nitrogen functional groups attached to an aromatic ring is 1. The second-order valence-corrected chi connectivity index (χ2v) is 5.77. The summed E-state index contributed by atoms with van der Waals surface area (Å²) in [6.07, 6.45) is 2.06. The Balaban J connectivity index is 1.80. The van der Waals surface area contributed by atoms with Crippen LogP contribution in [-0.2, 0) is 13.1 Å². The highest BCUT2D eigenvalue weighted by molar-refractivity contribution is 6.06. The first kappa shape index (κ1) is 13.6. The molecule has 0 unspecified atom stereocenters. The fraction of sp³-hybridized carbons (Fsp3) is 0.105. The summed E-state index contributed by atoms with van der Waals surface area (Å²) in [6, 6.07) is 19.3. The van der Waals surface area contributed by atoms with Gasteiger partial charge in [0.1, 0.15) is 0 Å². The Hall–Kier alpha value is -3.01. The molecule has 0 bridgehead atoms. The summed E-state index contributed by atoms with van der Waals surface area (Å²) in [5.74, 6) is -0.00731. The molecule has 0 saturated carbocycles. The number of benzene rings is 2. The normalized spacial score (nSPS) is 13.1. The number of hydrogen-bond acceptors (Lipinski definition) is 2. The van der Waals surface area contributed by atoms with Gasteiger partial charge < -0.3 is 15.2 Å². The smallest absolute Gasteiger partial charge is 0.258 e. The van der Waals surface area contributed by atoms with Gasteiger partial charge in [-0.3, -0.25) is 4.79 Å². The van der Waals surface area contributed by atoms with Crippen molar-refractivity contribution in [3.05, 3.63) is 83.7 Å². The minimum Gasteiger partial charge on any atom is -0.399 e. The topological polar surface area (TPSA) is 51.3 Å². The van der Waals surface area contributed by atoms with Crippen molar-refractivity contribution in [2.24, 2.45) is 0 Å². The number of para-hydroxylation sites is 1. The molecule has 1 aromatic heterocycles. The average molecular weight is 303 g/mol. The molecule has 1 amide bonds. The summed E-state index contributed by atoms with van der Waals surface area (Å²) >= 11 is 0. The van der Waals surface area contributed by atoms with Gasteiger partial charge >= 0.3 is 0 Å². The number of rotatable bonds is 1. The van der Waals surface area contributed by atoms with E-state index in [0.717, 1.165) is 23.5 Å². The second-order valence-electron chi connectivity index (χ2n) is 5.77. The number of fused-ring (bicyclic) bond motifs is 2. The van der Waals surface area contributed by atoms with E-state index in [-0.39, 0.29) is 5.91 Å². The van der Waals surface area contributed by atoms with Gasteiger partial charge in [0.15, 0.2) is 0 Å².